The SMILES string of the molecule is CCc1cc(N)c(CC)c(S(=O)(=O)N2CC(C)CC2C)c1. The molecule has 0 saturated carbocycles. The number of nitrogen functional groups attached to an aromatic ring is 1. The molecule has 1 heterocycles. The van der Waals surface area contributed by atoms with E-state index < -0.39 is 10.0 Å². The fourth-order valence-electron chi connectivity index (χ4n) is 3.26. The van der Waals surface area contributed by atoms with Crippen molar-refractivity contribution in [1.29, 1.82) is 0 Å². The molecule has 2 rings (SSSR count). The van der Waals surface area contributed by atoms with E-state index in [1.807, 2.05) is 26.8 Å². The van der Waals surface area contributed by atoms with E-state index in [2.05, 4.69) is 6.92 Å². The molecule has 1 saturated heterocycles. The monoisotopic (exact) mass is 310 g/mol. The minimum absolute atomic E-state index is 0.0567. The molecule has 0 radical (unpaired) electrons. The second-order valence-electron chi connectivity index (χ2n) is 6.13. The maximum absolute atomic E-state index is 13.1. The van der Waals surface area contributed by atoms with Gasteiger partial charge in [-0.15, -0.1) is 0 Å². The van der Waals surface area contributed by atoms with Gasteiger partial charge in [0.25, 0.3) is 0 Å². The first-order valence-electron chi connectivity index (χ1n) is 7.74. The topological polar surface area (TPSA) is 63.4 Å². The van der Waals surface area contributed by atoms with Crippen LogP contribution in [0.1, 0.15) is 45.2 Å². The van der Waals surface area contributed by atoms with Crippen LogP contribution >= 0.6 is 0 Å². The molecule has 0 aliphatic carbocycles. The first-order chi connectivity index (χ1) is 9.81. The number of hydrogen-bond acceptors (Lipinski definition) is 3. The zero-order valence-corrected chi connectivity index (χ0v) is 14.2. The molecule has 1 aliphatic heterocycles. The lowest BCUT2D eigenvalue weighted by atomic mass is 10.1. The molecule has 1 aliphatic rings. The molecule has 21 heavy (non-hydrogen) atoms. The molecule has 0 aromatic heterocycles. The van der Waals surface area contributed by atoms with Crippen molar-refractivity contribution in [2.75, 3.05) is 12.3 Å². The van der Waals surface area contributed by atoms with Crippen LogP contribution in [0.15, 0.2) is 17.0 Å². The van der Waals surface area contributed by atoms with Crippen molar-refractivity contribution in [3.8, 4) is 0 Å². The Bertz CT molecular complexity index is 625. The highest BCUT2D eigenvalue weighted by atomic mass is 32.2. The fourth-order valence-corrected chi connectivity index (χ4v) is 5.40. The number of benzene rings is 1. The Balaban J connectivity index is 2.56. The van der Waals surface area contributed by atoms with Crippen LogP contribution in [0.25, 0.3) is 0 Å². The van der Waals surface area contributed by atoms with Crippen molar-refractivity contribution < 1.29 is 8.42 Å². The van der Waals surface area contributed by atoms with E-state index in [0.29, 0.717) is 29.5 Å². The summed E-state index contributed by atoms with van der Waals surface area (Å²) in [6.07, 6.45) is 2.33. The van der Waals surface area contributed by atoms with Crippen molar-refractivity contribution in [2.24, 2.45) is 5.92 Å². The highest BCUT2D eigenvalue weighted by Crippen LogP contribution is 2.33. The van der Waals surface area contributed by atoms with Gasteiger partial charge in [-0.1, -0.05) is 20.8 Å². The van der Waals surface area contributed by atoms with Gasteiger partial charge >= 0.3 is 0 Å². The summed E-state index contributed by atoms with van der Waals surface area (Å²) < 4.78 is 27.8. The second-order valence-corrected chi connectivity index (χ2v) is 7.99. The lowest BCUT2D eigenvalue weighted by Crippen LogP contribution is -2.34. The molecule has 118 valence electrons. The van der Waals surface area contributed by atoms with Crippen molar-refractivity contribution in [3.63, 3.8) is 0 Å². The number of sulfonamides is 1. The molecule has 2 unspecified atom stereocenters. The quantitative estimate of drug-likeness (QED) is 0.870. The zero-order valence-electron chi connectivity index (χ0n) is 13.4. The van der Waals surface area contributed by atoms with E-state index in [0.717, 1.165) is 24.0 Å². The summed E-state index contributed by atoms with van der Waals surface area (Å²) in [6, 6.07) is 3.76. The van der Waals surface area contributed by atoms with Crippen LogP contribution < -0.4 is 5.73 Å². The number of nitrogens with zero attached hydrogens (tertiary/aromatic N) is 1. The third-order valence-corrected chi connectivity index (χ3v) is 6.42. The summed E-state index contributed by atoms with van der Waals surface area (Å²) in [7, 11) is -3.47. The Morgan fingerprint density at radius 2 is 1.90 bits per heavy atom. The summed E-state index contributed by atoms with van der Waals surface area (Å²) in [4.78, 5) is 0.405. The maximum atomic E-state index is 13.1. The number of hydrogen-bond donors (Lipinski definition) is 1. The minimum atomic E-state index is -3.47. The van der Waals surface area contributed by atoms with E-state index >= 15 is 0 Å². The summed E-state index contributed by atoms with van der Waals surface area (Å²) in [5, 5.41) is 0. The van der Waals surface area contributed by atoms with Crippen LogP contribution in [0.4, 0.5) is 5.69 Å². The van der Waals surface area contributed by atoms with E-state index in [4.69, 9.17) is 5.73 Å². The average molecular weight is 310 g/mol. The van der Waals surface area contributed by atoms with Crippen molar-refractivity contribution >= 4 is 15.7 Å². The standard InChI is InChI=1S/C16H26N2O2S/c1-5-13-8-15(17)14(6-2)16(9-13)21(19,20)18-10-11(3)7-12(18)4/h8-9,11-12H,5-7,10,17H2,1-4H3. The van der Waals surface area contributed by atoms with Gasteiger partial charge in [-0.25, -0.2) is 8.42 Å². The molecule has 1 aromatic rings. The molecule has 2 N–H and O–H groups in total. The maximum Gasteiger partial charge on any atom is 0.243 e. The van der Waals surface area contributed by atoms with Gasteiger partial charge in [0.05, 0.1) is 4.90 Å². The minimum Gasteiger partial charge on any atom is -0.398 e. The predicted octanol–water partition coefficient (Wildman–Crippen LogP) is 2.81. The normalized spacial score (nSPS) is 23.6. The van der Waals surface area contributed by atoms with Crippen LogP contribution in [-0.4, -0.2) is 25.3 Å². The Morgan fingerprint density at radius 1 is 1.24 bits per heavy atom. The highest BCUT2D eigenvalue weighted by molar-refractivity contribution is 7.89. The number of rotatable bonds is 4. The lowest BCUT2D eigenvalue weighted by molar-refractivity contribution is 0.405. The van der Waals surface area contributed by atoms with E-state index in [9.17, 15) is 8.42 Å². The van der Waals surface area contributed by atoms with Gasteiger partial charge in [0.15, 0.2) is 0 Å². The zero-order chi connectivity index (χ0) is 15.8. The van der Waals surface area contributed by atoms with Crippen LogP contribution in [0.3, 0.4) is 0 Å². The smallest absolute Gasteiger partial charge is 0.243 e. The summed E-state index contributed by atoms with van der Waals surface area (Å²) in [5.74, 6) is 0.409. The van der Waals surface area contributed by atoms with Gasteiger partial charge in [-0.05, 0) is 55.4 Å². The van der Waals surface area contributed by atoms with E-state index in [1.165, 1.54) is 0 Å². The largest absolute Gasteiger partial charge is 0.398 e. The van der Waals surface area contributed by atoms with Gasteiger partial charge < -0.3 is 5.73 Å². The number of nitrogens with two attached hydrogens (primary N) is 1. The van der Waals surface area contributed by atoms with E-state index in [-0.39, 0.29) is 6.04 Å². The molecule has 5 heteroatoms. The third-order valence-electron chi connectivity index (χ3n) is 4.38. The van der Waals surface area contributed by atoms with Gasteiger partial charge in [-0.2, -0.15) is 4.31 Å². The summed E-state index contributed by atoms with van der Waals surface area (Å²) in [5.41, 5.74) is 8.40. The molecule has 1 fully saturated rings. The highest BCUT2D eigenvalue weighted by Gasteiger charge is 2.37. The van der Waals surface area contributed by atoms with Gasteiger partial charge in [0.1, 0.15) is 0 Å². The van der Waals surface area contributed by atoms with Crippen molar-refractivity contribution in [2.45, 2.75) is 57.9 Å². The van der Waals surface area contributed by atoms with Gasteiger partial charge in [-0.3, -0.25) is 0 Å². The first-order valence-corrected chi connectivity index (χ1v) is 9.18. The Hall–Kier alpha value is -1.07. The Labute approximate surface area is 128 Å². The number of anilines is 1. The second kappa shape index (κ2) is 5.97. The Kier molecular flexibility index (Phi) is 4.63. The van der Waals surface area contributed by atoms with Crippen molar-refractivity contribution in [3.05, 3.63) is 23.3 Å². The molecule has 4 nitrogen and oxygen atoms in total. The van der Waals surface area contributed by atoms with Gasteiger partial charge in [0.2, 0.25) is 10.0 Å². The molecular formula is C16H26N2O2S. The Morgan fingerprint density at radius 3 is 2.38 bits per heavy atom. The average Bonchev–Trinajstić information content (AvgIpc) is 2.77. The molecule has 0 bridgehead atoms. The first kappa shape index (κ1) is 16.3. The molecule has 0 amide bonds. The predicted molar refractivity (Wildman–Crippen MR) is 86.7 cm³/mol. The molecule has 2 atom stereocenters. The van der Waals surface area contributed by atoms with Crippen LogP contribution in [0, 0.1) is 5.92 Å². The van der Waals surface area contributed by atoms with E-state index in [1.54, 1.807) is 10.4 Å². The summed E-state index contributed by atoms with van der Waals surface area (Å²) in [6.45, 7) is 8.65. The van der Waals surface area contributed by atoms with Crippen LogP contribution in [0.2, 0.25) is 0 Å². The molecular weight excluding hydrogens is 284 g/mol. The molecule has 1 aromatic carbocycles. The number of aryl methyl sites for hydroxylation is 1. The fraction of sp³-hybridized carbons (Fsp3) is 0.625. The van der Waals surface area contributed by atoms with Crippen molar-refractivity contribution in [1.82, 2.24) is 4.31 Å². The van der Waals surface area contributed by atoms with Gasteiger partial charge in [0, 0.05) is 18.3 Å². The van der Waals surface area contributed by atoms with Crippen LogP contribution in [0.5, 0.6) is 0 Å². The van der Waals surface area contributed by atoms with Crippen LogP contribution in [-0.2, 0) is 22.9 Å². The molecule has 0 spiro atoms. The lowest BCUT2D eigenvalue weighted by Gasteiger charge is -2.23. The summed E-state index contributed by atoms with van der Waals surface area (Å²) >= 11 is 0. The third kappa shape index (κ3) is 2.94.